The molecular formula is C14H22N2O3. The number of carbonyl (C=O) groups is 1. The average molecular weight is 266 g/mol. The van der Waals surface area contributed by atoms with E-state index >= 15 is 0 Å². The number of aromatic nitrogens is 1. The maximum absolute atomic E-state index is 11.2. The average Bonchev–Trinajstić information content (AvgIpc) is 2.32. The molecule has 0 aliphatic heterocycles. The minimum Gasteiger partial charge on any atom is -0.478 e. The quantitative estimate of drug-likeness (QED) is 0.629. The number of aromatic carboxylic acids is 1. The lowest BCUT2D eigenvalue weighted by Gasteiger charge is -2.12. The molecule has 0 bridgehead atoms. The Morgan fingerprint density at radius 2 is 1.95 bits per heavy atom. The standard InChI is InChI=1S/C14H22N2O3/c1-10-9-12(13(14(18)19)11(2)16-10)15-7-5-3-4-6-8-17/h9,17H,3-8H2,1-2H3,(H,15,16)(H,18,19). The molecule has 0 amide bonds. The Kier molecular flexibility index (Phi) is 6.29. The molecule has 1 aromatic heterocycles. The van der Waals surface area contributed by atoms with Crippen LogP contribution in [0, 0.1) is 13.8 Å². The van der Waals surface area contributed by atoms with Gasteiger partial charge in [-0.2, -0.15) is 0 Å². The van der Waals surface area contributed by atoms with Crippen LogP contribution < -0.4 is 5.32 Å². The van der Waals surface area contributed by atoms with Crippen molar-refractivity contribution in [2.75, 3.05) is 18.5 Å². The van der Waals surface area contributed by atoms with Crippen LogP contribution in [0.1, 0.15) is 47.4 Å². The molecule has 5 heteroatoms. The molecular weight excluding hydrogens is 244 g/mol. The van der Waals surface area contributed by atoms with Crippen molar-refractivity contribution in [1.82, 2.24) is 4.98 Å². The summed E-state index contributed by atoms with van der Waals surface area (Å²) in [7, 11) is 0. The number of rotatable bonds is 8. The number of carboxylic acids is 1. The summed E-state index contributed by atoms with van der Waals surface area (Å²) in [4.78, 5) is 15.4. The molecule has 0 saturated carbocycles. The van der Waals surface area contributed by atoms with E-state index in [9.17, 15) is 9.90 Å². The summed E-state index contributed by atoms with van der Waals surface area (Å²) in [6.45, 7) is 4.53. The number of hydrogen-bond acceptors (Lipinski definition) is 4. The number of aliphatic hydroxyl groups is 1. The number of aryl methyl sites for hydroxylation is 2. The summed E-state index contributed by atoms with van der Waals surface area (Å²) >= 11 is 0. The fourth-order valence-corrected chi connectivity index (χ4v) is 2.05. The second-order valence-electron chi connectivity index (χ2n) is 4.64. The lowest BCUT2D eigenvalue weighted by molar-refractivity contribution is 0.0696. The largest absolute Gasteiger partial charge is 0.478 e. The predicted molar refractivity (Wildman–Crippen MR) is 74.7 cm³/mol. The molecule has 0 saturated heterocycles. The van der Waals surface area contributed by atoms with Gasteiger partial charge in [0.15, 0.2) is 0 Å². The van der Waals surface area contributed by atoms with Crippen LogP contribution >= 0.6 is 0 Å². The highest BCUT2D eigenvalue weighted by atomic mass is 16.4. The van der Waals surface area contributed by atoms with Gasteiger partial charge >= 0.3 is 5.97 Å². The molecule has 3 N–H and O–H groups in total. The van der Waals surface area contributed by atoms with E-state index in [0.29, 0.717) is 11.4 Å². The Labute approximate surface area is 113 Å². The number of hydrogen-bond donors (Lipinski definition) is 3. The van der Waals surface area contributed by atoms with Crippen molar-refractivity contribution in [2.24, 2.45) is 0 Å². The van der Waals surface area contributed by atoms with Gasteiger partial charge in [-0.3, -0.25) is 4.98 Å². The van der Waals surface area contributed by atoms with Crippen LogP contribution in [0.4, 0.5) is 5.69 Å². The number of nitrogens with zero attached hydrogens (tertiary/aromatic N) is 1. The van der Waals surface area contributed by atoms with Crippen LogP contribution in [0.3, 0.4) is 0 Å². The molecule has 19 heavy (non-hydrogen) atoms. The molecule has 5 nitrogen and oxygen atoms in total. The Morgan fingerprint density at radius 1 is 1.26 bits per heavy atom. The Morgan fingerprint density at radius 3 is 2.58 bits per heavy atom. The Hall–Kier alpha value is -1.62. The van der Waals surface area contributed by atoms with Crippen LogP contribution in [-0.4, -0.2) is 34.3 Å². The monoisotopic (exact) mass is 266 g/mol. The molecule has 0 unspecified atom stereocenters. The van der Waals surface area contributed by atoms with Gasteiger partial charge < -0.3 is 15.5 Å². The molecule has 1 aromatic rings. The molecule has 0 aromatic carbocycles. The minimum absolute atomic E-state index is 0.235. The van der Waals surface area contributed by atoms with Gasteiger partial charge in [-0.05, 0) is 32.8 Å². The van der Waals surface area contributed by atoms with Crippen molar-refractivity contribution in [3.05, 3.63) is 23.0 Å². The summed E-state index contributed by atoms with van der Waals surface area (Å²) in [5.41, 5.74) is 2.24. The number of unbranched alkanes of at least 4 members (excludes halogenated alkanes) is 3. The van der Waals surface area contributed by atoms with Crippen molar-refractivity contribution in [3.63, 3.8) is 0 Å². The molecule has 1 heterocycles. The fraction of sp³-hybridized carbons (Fsp3) is 0.571. The zero-order valence-electron chi connectivity index (χ0n) is 11.6. The van der Waals surface area contributed by atoms with Crippen molar-refractivity contribution in [3.8, 4) is 0 Å². The summed E-state index contributed by atoms with van der Waals surface area (Å²) in [5, 5.41) is 21.0. The van der Waals surface area contributed by atoms with Gasteiger partial charge in [-0.15, -0.1) is 0 Å². The summed E-state index contributed by atoms with van der Waals surface area (Å²) in [6, 6.07) is 1.77. The molecule has 0 atom stereocenters. The lowest BCUT2D eigenvalue weighted by atomic mass is 10.1. The topological polar surface area (TPSA) is 82.5 Å². The number of nitrogens with one attached hydrogen (secondary N) is 1. The first-order valence-electron chi connectivity index (χ1n) is 6.62. The van der Waals surface area contributed by atoms with E-state index in [0.717, 1.165) is 37.9 Å². The minimum atomic E-state index is -0.951. The zero-order valence-corrected chi connectivity index (χ0v) is 11.6. The van der Waals surface area contributed by atoms with Crippen molar-refractivity contribution in [2.45, 2.75) is 39.5 Å². The molecule has 1 rings (SSSR count). The normalized spacial score (nSPS) is 10.5. The highest BCUT2D eigenvalue weighted by Gasteiger charge is 2.14. The number of anilines is 1. The van der Waals surface area contributed by atoms with Crippen molar-refractivity contribution >= 4 is 11.7 Å². The zero-order chi connectivity index (χ0) is 14.3. The SMILES string of the molecule is Cc1cc(NCCCCCCO)c(C(=O)O)c(C)n1. The maximum Gasteiger partial charge on any atom is 0.339 e. The van der Waals surface area contributed by atoms with Gasteiger partial charge in [0.2, 0.25) is 0 Å². The van der Waals surface area contributed by atoms with E-state index in [1.54, 1.807) is 13.0 Å². The van der Waals surface area contributed by atoms with Gasteiger partial charge in [-0.25, -0.2) is 4.79 Å². The highest BCUT2D eigenvalue weighted by molar-refractivity contribution is 5.95. The summed E-state index contributed by atoms with van der Waals surface area (Å²) < 4.78 is 0. The second-order valence-corrected chi connectivity index (χ2v) is 4.64. The van der Waals surface area contributed by atoms with E-state index in [4.69, 9.17) is 5.11 Å². The number of aliphatic hydroxyl groups excluding tert-OH is 1. The third-order valence-electron chi connectivity index (χ3n) is 2.94. The number of pyridine rings is 1. The van der Waals surface area contributed by atoms with E-state index < -0.39 is 5.97 Å². The maximum atomic E-state index is 11.2. The Balaban J connectivity index is 2.59. The van der Waals surface area contributed by atoms with Crippen molar-refractivity contribution in [1.29, 1.82) is 0 Å². The third kappa shape index (κ3) is 4.87. The van der Waals surface area contributed by atoms with Gasteiger partial charge in [0, 0.05) is 18.8 Å². The highest BCUT2D eigenvalue weighted by Crippen LogP contribution is 2.19. The van der Waals surface area contributed by atoms with Crippen LogP contribution in [0.5, 0.6) is 0 Å². The molecule has 0 fully saturated rings. The van der Waals surface area contributed by atoms with Gasteiger partial charge in [0.1, 0.15) is 5.56 Å². The predicted octanol–water partition coefficient (Wildman–Crippen LogP) is 2.36. The van der Waals surface area contributed by atoms with Gasteiger partial charge in [-0.1, -0.05) is 12.8 Å². The molecule has 106 valence electrons. The van der Waals surface area contributed by atoms with Crippen LogP contribution in [0.2, 0.25) is 0 Å². The van der Waals surface area contributed by atoms with E-state index in [-0.39, 0.29) is 12.2 Å². The molecule has 0 radical (unpaired) electrons. The van der Waals surface area contributed by atoms with Crippen LogP contribution in [-0.2, 0) is 0 Å². The number of carboxylic acid groups (broad SMARTS) is 1. The first-order valence-corrected chi connectivity index (χ1v) is 6.62. The lowest BCUT2D eigenvalue weighted by Crippen LogP contribution is -2.11. The fourth-order valence-electron chi connectivity index (χ4n) is 2.05. The molecule has 0 aliphatic carbocycles. The van der Waals surface area contributed by atoms with E-state index in [1.807, 2.05) is 6.92 Å². The second kappa shape index (κ2) is 7.74. The first kappa shape index (κ1) is 15.4. The smallest absolute Gasteiger partial charge is 0.339 e. The van der Waals surface area contributed by atoms with Crippen molar-refractivity contribution < 1.29 is 15.0 Å². The van der Waals surface area contributed by atoms with Gasteiger partial charge in [0.05, 0.1) is 11.4 Å². The third-order valence-corrected chi connectivity index (χ3v) is 2.94. The Bertz CT molecular complexity index is 433. The summed E-state index contributed by atoms with van der Waals surface area (Å²) in [6.07, 6.45) is 3.81. The molecule has 0 aliphatic rings. The van der Waals surface area contributed by atoms with E-state index in [1.165, 1.54) is 0 Å². The molecule has 0 spiro atoms. The van der Waals surface area contributed by atoms with E-state index in [2.05, 4.69) is 10.3 Å². The first-order chi connectivity index (χ1) is 9.06. The van der Waals surface area contributed by atoms with Gasteiger partial charge in [0.25, 0.3) is 0 Å². The van der Waals surface area contributed by atoms with Crippen LogP contribution in [0.15, 0.2) is 6.07 Å². The summed E-state index contributed by atoms with van der Waals surface area (Å²) in [5.74, 6) is -0.951. The van der Waals surface area contributed by atoms with Crippen LogP contribution in [0.25, 0.3) is 0 Å².